The number of nitrogen functional groups attached to an aromatic ring is 1. The lowest BCUT2D eigenvalue weighted by atomic mass is 10.1. The Morgan fingerprint density at radius 3 is 2.63 bits per heavy atom. The van der Waals surface area contributed by atoms with Crippen LogP contribution in [0.2, 0.25) is 0 Å². The van der Waals surface area contributed by atoms with Crippen LogP contribution in [-0.4, -0.2) is 5.91 Å². The minimum atomic E-state index is -0.901. The lowest BCUT2D eigenvalue weighted by Gasteiger charge is -2.11. The minimum Gasteiger partial charge on any atom is -0.454 e. The van der Waals surface area contributed by atoms with Gasteiger partial charge in [-0.1, -0.05) is 22.0 Å². The standard InChI is InChI=1S/C13H10BrFN2O2/c14-7-4-5-9(16)11(6-7)19-10-3-1-2-8(15)12(10)13(17)18/h1-6H,16H2,(H2,17,18). The van der Waals surface area contributed by atoms with E-state index in [1.165, 1.54) is 12.1 Å². The van der Waals surface area contributed by atoms with E-state index in [2.05, 4.69) is 15.9 Å². The molecule has 0 saturated heterocycles. The number of carbonyl (C=O) groups excluding carboxylic acids is 1. The fraction of sp³-hybridized carbons (Fsp3) is 0. The van der Waals surface area contributed by atoms with Gasteiger partial charge in [-0.05, 0) is 30.3 Å². The SMILES string of the molecule is NC(=O)c1c(F)cccc1Oc1cc(Br)ccc1N. The average molecular weight is 325 g/mol. The highest BCUT2D eigenvalue weighted by atomic mass is 79.9. The summed E-state index contributed by atoms with van der Waals surface area (Å²) < 4.78 is 19.8. The van der Waals surface area contributed by atoms with E-state index in [1.807, 2.05) is 0 Å². The maximum absolute atomic E-state index is 13.6. The van der Waals surface area contributed by atoms with Crippen LogP contribution in [0.25, 0.3) is 0 Å². The fourth-order valence-corrected chi connectivity index (χ4v) is 1.88. The van der Waals surface area contributed by atoms with Crippen molar-refractivity contribution in [2.75, 3.05) is 5.73 Å². The molecule has 0 aliphatic heterocycles. The molecule has 0 radical (unpaired) electrons. The number of amides is 1. The molecule has 2 aromatic rings. The van der Waals surface area contributed by atoms with Gasteiger partial charge < -0.3 is 16.2 Å². The first-order valence-corrected chi connectivity index (χ1v) is 6.09. The van der Waals surface area contributed by atoms with Gasteiger partial charge in [-0.3, -0.25) is 4.79 Å². The minimum absolute atomic E-state index is 0.0253. The summed E-state index contributed by atoms with van der Waals surface area (Å²) in [4.78, 5) is 11.2. The van der Waals surface area contributed by atoms with Crippen molar-refractivity contribution in [3.63, 3.8) is 0 Å². The van der Waals surface area contributed by atoms with Crippen molar-refractivity contribution in [2.45, 2.75) is 0 Å². The van der Waals surface area contributed by atoms with Crippen LogP contribution in [0.15, 0.2) is 40.9 Å². The van der Waals surface area contributed by atoms with Crippen molar-refractivity contribution in [1.82, 2.24) is 0 Å². The Morgan fingerprint density at radius 1 is 1.21 bits per heavy atom. The molecule has 0 unspecified atom stereocenters. The molecular weight excluding hydrogens is 315 g/mol. The quantitative estimate of drug-likeness (QED) is 0.851. The van der Waals surface area contributed by atoms with Gasteiger partial charge in [0.2, 0.25) is 0 Å². The molecule has 0 spiro atoms. The number of primary amides is 1. The van der Waals surface area contributed by atoms with E-state index in [4.69, 9.17) is 16.2 Å². The van der Waals surface area contributed by atoms with E-state index < -0.39 is 11.7 Å². The van der Waals surface area contributed by atoms with E-state index in [-0.39, 0.29) is 11.3 Å². The van der Waals surface area contributed by atoms with E-state index in [0.29, 0.717) is 11.4 Å². The third-order valence-electron chi connectivity index (χ3n) is 2.42. The summed E-state index contributed by atoms with van der Waals surface area (Å²) in [5.41, 5.74) is 10.9. The van der Waals surface area contributed by atoms with Crippen LogP contribution in [0, 0.1) is 5.82 Å². The summed E-state index contributed by atoms with van der Waals surface area (Å²) in [6, 6.07) is 8.99. The molecule has 2 rings (SSSR count). The van der Waals surface area contributed by atoms with Gasteiger partial charge in [-0.2, -0.15) is 0 Å². The van der Waals surface area contributed by atoms with Gasteiger partial charge in [-0.25, -0.2) is 4.39 Å². The lowest BCUT2D eigenvalue weighted by Crippen LogP contribution is -2.14. The second-order valence-corrected chi connectivity index (χ2v) is 4.68. The van der Waals surface area contributed by atoms with E-state index in [1.54, 1.807) is 18.2 Å². The van der Waals surface area contributed by atoms with Gasteiger partial charge in [0.05, 0.1) is 5.69 Å². The Hall–Kier alpha value is -2.08. The summed E-state index contributed by atoms with van der Waals surface area (Å²) in [7, 11) is 0. The van der Waals surface area contributed by atoms with Crippen molar-refractivity contribution in [3.05, 3.63) is 52.3 Å². The van der Waals surface area contributed by atoms with Crippen LogP contribution in [-0.2, 0) is 0 Å². The molecule has 98 valence electrons. The Morgan fingerprint density at radius 2 is 1.95 bits per heavy atom. The molecule has 0 aliphatic rings. The highest BCUT2D eigenvalue weighted by molar-refractivity contribution is 9.10. The maximum atomic E-state index is 13.6. The maximum Gasteiger partial charge on any atom is 0.255 e. The molecule has 0 bridgehead atoms. The largest absolute Gasteiger partial charge is 0.454 e. The van der Waals surface area contributed by atoms with Gasteiger partial charge in [0.1, 0.15) is 17.1 Å². The molecule has 0 heterocycles. The number of ether oxygens (including phenoxy) is 1. The first kappa shape index (κ1) is 13.4. The normalized spacial score (nSPS) is 10.2. The zero-order valence-corrected chi connectivity index (χ0v) is 11.3. The number of benzene rings is 2. The predicted octanol–water partition coefficient (Wildman–Crippen LogP) is 3.06. The van der Waals surface area contributed by atoms with Gasteiger partial charge in [-0.15, -0.1) is 0 Å². The zero-order valence-electron chi connectivity index (χ0n) is 9.69. The smallest absolute Gasteiger partial charge is 0.255 e. The van der Waals surface area contributed by atoms with Crippen LogP contribution >= 0.6 is 15.9 Å². The Kier molecular flexibility index (Phi) is 3.71. The van der Waals surface area contributed by atoms with Crippen molar-refractivity contribution in [1.29, 1.82) is 0 Å². The molecule has 0 aromatic heterocycles. The fourth-order valence-electron chi connectivity index (χ4n) is 1.54. The molecule has 0 atom stereocenters. The number of nitrogens with two attached hydrogens (primary N) is 2. The van der Waals surface area contributed by atoms with Crippen molar-refractivity contribution in [3.8, 4) is 11.5 Å². The van der Waals surface area contributed by atoms with E-state index >= 15 is 0 Å². The molecule has 4 nitrogen and oxygen atoms in total. The third kappa shape index (κ3) is 2.85. The zero-order chi connectivity index (χ0) is 14.0. The molecule has 0 saturated carbocycles. The molecule has 19 heavy (non-hydrogen) atoms. The number of anilines is 1. The van der Waals surface area contributed by atoms with Crippen LogP contribution in [0.1, 0.15) is 10.4 Å². The first-order chi connectivity index (χ1) is 8.99. The molecule has 6 heteroatoms. The second kappa shape index (κ2) is 5.27. The summed E-state index contributed by atoms with van der Waals surface area (Å²) in [6.45, 7) is 0. The van der Waals surface area contributed by atoms with E-state index in [9.17, 15) is 9.18 Å². The van der Waals surface area contributed by atoms with Gasteiger partial charge in [0.15, 0.2) is 5.75 Å². The number of rotatable bonds is 3. The van der Waals surface area contributed by atoms with Crippen molar-refractivity contribution < 1.29 is 13.9 Å². The number of halogens is 2. The topological polar surface area (TPSA) is 78.3 Å². The van der Waals surface area contributed by atoms with Crippen LogP contribution in [0.3, 0.4) is 0 Å². The number of hydrogen-bond donors (Lipinski definition) is 2. The highest BCUT2D eigenvalue weighted by Crippen LogP contribution is 2.32. The van der Waals surface area contributed by atoms with Crippen molar-refractivity contribution in [2.24, 2.45) is 5.73 Å². The van der Waals surface area contributed by atoms with Crippen molar-refractivity contribution >= 4 is 27.5 Å². The second-order valence-electron chi connectivity index (χ2n) is 3.76. The number of hydrogen-bond acceptors (Lipinski definition) is 3. The van der Waals surface area contributed by atoms with E-state index in [0.717, 1.165) is 10.5 Å². The molecule has 2 aromatic carbocycles. The monoisotopic (exact) mass is 324 g/mol. The molecule has 4 N–H and O–H groups in total. The molecule has 0 aliphatic carbocycles. The Bertz CT molecular complexity index is 647. The first-order valence-electron chi connectivity index (χ1n) is 5.30. The summed E-state index contributed by atoms with van der Waals surface area (Å²) in [6.07, 6.45) is 0. The Labute approximate surface area is 117 Å². The summed E-state index contributed by atoms with van der Waals surface area (Å²) >= 11 is 3.27. The molecular formula is C13H10BrFN2O2. The highest BCUT2D eigenvalue weighted by Gasteiger charge is 2.16. The summed E-state index contributed by atoms with van der Waals surface area (Å²) in [5.74, 6) is -1.31. The van der Waals surface area contributed by atoms with Gasteiger partial charge in [0.25, 0.3) is 5.91 Å². The predicted molar refractivity (Wildman–Crippen MR) is 73.5 cm³/mol. The Balaban J connectivity index is 2.46. The summed E-state index contributed by atoms with van der Waals surface area (Å²) in [5, 5.41) is 0. The van der Waals surface area contributed by atoms with Crippen LogP contribution < -0.4 is 16.2 Å². The number of carbonyl (C=O) groups is 1. The molecule has 0 fully saturated rings. The molecule has 1 amide bonds. The van der Waals surface area contributed by atoms with Crippen LogP contribution in [0.4, 0.5) is 10.1 Å². The van der Waals surface area contributed by atoms with Gasteiger partial charge >= 0.3 is 0 Å². The third-order valence-corrected chi connectivity index (χ3v) is 2.91. The lowest BCUT2D eigenvalue weighted by molar-refractivity contribution is 0.0994. The van der Waals surface area contributed by atoms with Crippen LogP contribution in [0.5, 0.6) is 11.5 Å². The average Bonchev–Trinajstić information content (AvgIpc) is 2.33. The van der Waals surface area contributed by atoms with Gasteiger partial charge in [0, 0.05) is 4.47 Å².